The number of fused-ring (bicyclic) bond motifs is 2. The van der Waals surface area contributed by atoms with E-state index in [1.807, 2.05) is 37.3 Å². The van der Waals surface area contributed by atoms with Crippen molar-refractivity contribution in [3.63, 3.8) is 0 Å². The maximum absolute atomic E-state index is 14.1. The molecular formula is C46H50N4O3. The number of rotatable bonds is 10. The minimum Gasteiger partial charge on any atom is -0.494 e. The first-order valence-corrected chi connectivity index (χ1v) is 18.7. The van der Waals surface area contributed by atoms with Gasteiger partial charge in [-0.05, 0) is 141 Å². The molecule has 0 saturated heterocycles. The second-order valence-corrected chi connectivity index (χ2v) is 13.7. The molecule has 0 atom stereocenters. The Hall–Kier alpha value is -5.69. The van der Waals surface area contributed by atoms with E-state index in [4.69, 9.17) is 4.99 Å². The van der Waals surface area contributed by atoms with Crippen molar-refractivity contribution in [1.82, 2.24) is 9.13 Å². The van der Waals surface area contributed by atoms with E-state index in [1.54, 1.807) is 13.8 Å². The average Bonchev–Trinajstić information content (AvgIpc) is 3.16. The van der Waals surface area contributed by atoms with Crippen LogP contribution in [0.15, 0.2) is 129 Å². The van der Waals surface area contributed by atoms with E-state index in [0.29, 0.717) is 12.0 Å². The number of nitrogens with zero attached hydrogens (tertiary/aromatic N) is 4. The summed E-state index contributed by atoms with van der Waals surface area (Å²) in [4.78, 5) is 34.6. The first-order chi connectivity index (χ1) is 25.6. The summed E-state index contributed by atoms with van der Waals surface area (Å²) in [6.07, 6.45) is 10.5. The van der Waals surface area contributed by atoms with Crippen molar-refractivity contribution < 1.29 is 5.11 Å². The summed E-state index contributed by atoms with van der Waals surface area (Å²) in [5.41, 5.74) is 8.01. The van der Waals surface area contributed by atoms with Crippen LogP contribution in [0.25, 0.3) is 27.1 Å². The smallest absolute Gasteiger partial charge is 0.333 e. The Kier molecular flexibility index (Phi) is 11.1. The van der Waals surface area contributed by atoms with Crippen LogP contribution in [0.2, 0.25) is 0 Å². The summed E-state index contributed by atoms with van der Waals surface area (Å²) in [5.74, 6) is -0.291. The summed E-state index contributed by atoms with van der Waals surface area (Å²) < 4.78 is 2.51. The third-order valence-corrected chi connectivity index (χ3v) is 10.5. The fourth-order valence-corrected chi connectivity index (χ4v) is 7.67. The molecule has 7 heteroatoms. The van der Waals surface area contributed by atoms with Gasteiger partial charge in [0.15, 0.2) is 0 Å². The minimum atomic E-state index is -0.505. The van der Waals surface area contributed by atoms with Crippen molar-refractivity contribution >= 4 is 44.2 Å². The molecule has 0 fully saturated rings. The van der Waals surface area contributed by atoms with Crippen molar-refractivity contribution in [2.45, 2.75) is 80.8 Å². The molecule has 0 radical (unpaired) electrons. The fourth-order valence-electron chi connectivity index (χ4n) is 7.67. The van der Waals surface area contributed by atoms with Gasteiger partial charge in [-0.2, -0.15) is 0 Å². The molecule has 4 aromatic carbocycles. The number of aryl methyl sites for hydroxylation is 2. The molecule has 6 rings (SSSR count). The normalized spacial score (nSPS) is 15.0. The number of aromatic nitrogens is 2. The average molecular weight is 707 g/mol. The number of hydrogen-bond acceptors (Lipinski definition) is 5. The third kappa shape index (κ3) is 7.21. The van der Waals surface area contributed by atoms with Gasteiger partial charge in [-0.25, -0.2) is 4.79 Å². The van der Waals surface area contributed by atoms with Gasteiger partial charge in [0.1, 0.15) is 5.56 Å². The SMILES string of the molecule is CCN(/C(C)=C/C=C1\CCCC(/C=C/C(C)=N/c2ccc3ccccc3c2C)=C1c1c(O)n(CC)c(=O)n(CC)c1=O)c1ccc2ccccc2c1C. The van der Waals surface area contributed by atoms with Crippen LogP contribution >= 0.6 is 0 Å². The predicted octanol–water partition coefficient (Wildman–Crippen LogP) is 10.3. The van der Waals surface area contributed by atoms with Gasteiger partial charge in [-0.1, -0.05) is 72.8 Å². The molecule has 0 saturated carbocycles. The lowest BCUT2D eigenvalue weighted by molar-refractivity contribution is 0.393. The summed E-state index contributed by atoms with van der Waals surface area (Å²) >= 11 is 0. The summed E-state index contributed by atoms with van der Waals surface area (Å²) in [5, 5.41) is 16.4. The standard InChI is InChI=1S/C46H50N4O3/c1-8-48(41-29-27-35-17-12-14-21-39(35)33(41)7)31(5)23-25-37-19-15-18-36(42(37)43-44(51)49(9-2)46(53)50(10-3)45(43)52)24-22-30(4)47-40-28-26-34-16-11-13-20-38(34)32(40)6/h11-14,16-17,20-29,51H,8-10,15,18-19H2,1-7H3/b24-22+,31-23+,37-25+,47-30+. The predicted molar refractivity (Wildman–Crippen MR) is 223 cm³/mol. The highest BCUT2D eigenvalue weighted by atomic mass is 16.3. The quantitative estimate of drug-likeness (QED) is 0.147. The Morgan fingerprint density at radius 1 is 0.830 bits per heavy atom. The highest BCUT2D eigenvalue weighted by Gasteiger charge is 2.27. The fraction of sp³-hybridized carbons (Fsp3) is 0.283. The topological polar surface area (TPSA) is 79.8 Å². The number of aromatic hydroxyl groups is 1. The molecule has 0 amide bonds. The Balaban J connectivity index is 1.49. The lowest BCUT2D eigenvalue weighted by Crippen LogP contribution is -2.41. The van der Waals surface area contributed by atoms with Crippen LogP contribution in [0.5, 0.6) is 5.88 Å². The molecule has 0 unspecified atom stereocenters. The first-order valence-electron chi connectivity index (χ1n) is 18.7. The van der Waals surface area contributed by atoms with Gasteiger partial charge in [0.05, 0.1) is 5.69 Å². The molecule has 1 heterocycles. The highest BCUT2D eigenvalue weighted by molar-refractivity contribution is 5.98. The van der Waals surface area contributed by atoms with Gasteiger partial charge in [0.2, 0.25) is 5.88 Å². The second-order valence-electron chi connectivity index (χ2n) is 13.7. The number of anilines is 1. The molecule has 53 heavy (non-hydrogen) atoms. The van der Waals surface area contributed by atoms with E-state index in [-0.39, 0.29) is 24.5 Å². The van der Waals surface area contributed by atoms with Crippen molar-refractivity contribution in [2.75, 3.05) is 11.4 Å². The van der Waals surface area contributed by atoms with Crippen molar-refractivity contribution in [3.8, 4) is 5.88 Å². The van der Waals surface area contributed by atoms with Gasteiger partial charge in [0, 0.05) is 36.7 Å². The third-order valence-electron chi connectivity index (χ3n) is 10.5. The highest BCUT2D eigenvalue weighted by Crippen LogP contribution is 2.39. The number of benzene rings is 4. The monoisotopic (exact) mass is 706 g/mol. The molecule has 1 aliphatic carbocycles. The molecule has 272 valence electrons. The Labute approximate surface area is 312 Å². The van der Waals surface area contributed by atoms with Gasteiger partial charge in [0.25, 0.3) is 5.56 Å². The van der Waals surface area contributed by atoms with Gasteiger partial charge in [-0.15, -0.1) is 0 Å². The largest absolute Gasteiger partial charge is 0.494 e. The number of allylic oxidation sites excluding steroid dienone is 8. The molecule has 1 N–H and O–H groups in total. The minimum absolute atomic E-state index is 0.169. The molecule has 1 aromatic heterocycles. The molecule has 0 spiro atoms. The van der Waals surface area contributed by atoms with E-state index in [1.165, 1.54) is 36.2 Å². The zero-order chi connectivity index (χ0) is 37.8. The Morgan fingerprint density at radius 2 is 1.47 bits per heavy atom. The van der Waals surface area contributed by atoms with Crippen LogP contribution in [0.4, 0.5) is 11.4 Å². The summed E-state index contributed by atoms with van der Waals surface area (Å²) in [6.45, 7) is 15.3. The van der Waals surface area contributed by atoms with Crippen molar-refractivity contribution in [3.05, 3.63) is 151 Å². The first kappa shape index (κ1) is 37.1. The Morgan fingerprint density at radius 3 is 2.13 bits per heavy atom. The molecule has 1 aliphatic rings. The molecule has 7 nitrogen and oxygen atoms in total. The zero-order valence-corrected chi connectivity index (χ0v) is 32.0. The molecular weight excluding hydrogens is 657 g/mol. The van der Waals surface area contributed by atoms with Crippen molar-refractivity contribution in [2.24, 2.45) is 4.99 Å². The summed E-state index contributed by atoms with van der Waals surface area (Å²) in [6, 6.07) is 25.3. The van der Waals surface area contributed by atoms with E-state index in [2.05, 4.69) is 99.3 Å². The van der Waals surface area contributed by atoms with Crippen LogP contribution in [-0.2, 0) is 13.1 Å². The number of aliphatic imine (C=N–C) groups is 1. The number of hydrogen-bond donors (Lipinski definition) is 1. The van der Waals surface area contributed by atoms with E-state index >= 15 is 0 Å². The van der Waals surface area contributed by atoms with Crippen LogP contribution in [-0.4, -0.2) is 26.5 Å². The van der Waals surface area contributed by atoms with Crippen LogP contribution in [0.3, 0.4) is 0 Å². The second kappa shape index (κ2) is 15.9. The van der Waals surface area contributed by atoms with Gasteiger partial charge < -0.3 is 10.0 Å². The van der Waals surface area contributed by atoms with E-state index in [0.717, 1.165) is 58.9 Å². The van der Waals surface area contributed by atoms with Crippen LogP contribution in [0.1, 0.15) is 70.6 Å². The van der Waals surface area contributed by atoms with Gasteiger partial charge in [-0.3, -0.25) is 18.9 Å². The van der Waals surface area contributed by atoms with E-state index in [9.17, 15) is 14.7 Å². The maximum Gasteiger partial charge on any atom is 0.333 e. The zero-order valence-electron chi connectivity index (χ0n) is 32.0. The lowest BCUT2D eigenvalue weighted by Gasteiger charge is -2.27. The maximum atomic E-state index is 14.1. The summed E-state index contributed by atoms with van der Waals surface area (Å²) in [7, 11) is 0. The molecule has 0 aliphatic heterocycles. The van der Waals surface area contributed by atoms with Crippen LogP contribution < -0.4 is 16.1 Å². The Bertz CT molecular complexity index is 2490. The van der Waals surface area contributed by atoms with E-state index < -0.39 is 11.2 Å². The van der Waals surface area contributed by atoms with Gasteiger partial charge >= 0.3 is 5.69 Å². The van der Waals surface area contributed by atoms with Crippen molar-refractivity contribution in [1.29, 1.82) is 0 Å². The molecule has 0 bridgehead atoms. The van der Waals surface area contributed by atoms with Crippen LogP contribution in [0, 0.1) is 13.8 Å². The lowest BCUT2D eigenvalue weighted by atomic mass is 9.83. The molecule has 5 aromatic rings.